The lowest BCUT2D eigenvalue weighted by molar-refractivity contribution is 0.0414. The fourth-order valence-corrected chi connectivity index (χ4v) is 4.50. The Bertz CT molecular complexity index is 724. The number of aromatic nitrogens is 3. The minimum Gasteiger partial charge on any atom is -0.378 e. The molecule has 0 bridgehead atoms. The Morgan fingerprint density at radius 1 is 1.20 bits per heavy atom. The Kier molecular flexibility index (Phi) is 4.51. The number of morpholine rings is 1. The summed E-state index contributed by atoms with van der Waals surface area (Å²) in [6.45, 7) is 6.30. The SMILES string of the molecule is Cc1nn(C)c2nc(NC3CCN(C(=O)N4CCOCC4)CC3)sc12. The maximum atomic E-state index is 12.5. The standard InChI is InChI=1S/C16H24N6O2S/c1-11-13-14(20(2)19-11)18-15(25-13)17-12-3-5-21(6-4-12)16(23)22-7-9-24-10-8-22/h12H,3-10H2,1-2H3,(H,17,18). The summed E-state index contributed by atoms with van der Waals surface area (Å²) < 4.78 is 8.29. The first kappa shape index (κ1) is 16.6. The molecule has 1 N–H and O–H groups in total. The van der Waals surface area contributed by atoms with Crippen molar-refractivity contribution in [3.63, 3.8) is 0 Å². The Morgan fingerprint density at radius 2 is 1.88 bits per heavy atom. The second kappa shape index (κ2) is 6.80. The molecule has 2 amide bonds. The Hall–Kier alpha value is -1.87. The van der Waals surface area contributed by atoms with E-state index in [9.17, 15) is 4.79 Å². The number of thiazole rings is 1. The van der Waals surface area contributed by atoms with Gasteiger partial charge in [0.2, 0.25) is 0 Å². The van der Waals surface area contributed by atoms with E-state index in [2.05, 4.69) is 15.4 Å². The van der Waals surface area contributed by atoms with Gasteiger partial charge in [0.15, 0.2) is 10.8 Å². The van der Waals surface area contributed by atoms with Crippen molar-refractivity contribution in [3.8, 4) is 0 Å². The molecule has 0 atom stereocenters. The van der Waals surface area contributed by atoms with Crippen LogP contribution in [0, 0.1) is 6.92 Å². The van der Waals surface area contributed by atoms with E-state index in [0.29, 0.717) is 32.3 Å². The summed E-state index contributed by atoms with van der Waals surface area (Å²) in [4.78, 5) is 21.1. The summed E-state index contributed by atoms with van der Waals surface area (Å²) in [5.41, 5.74) is 1.96. The van der Waals surface area contributed by atoms with Crippen LogP contribution in [0.3, 0.4) is 0 Å². The van der Waals surface area contributed by atoms with Crippen LogP contribution in [0.5, 0.6) is 0 Å². The highest BCUT2D eigenvalue weighted by Crippen LogP contribution is 2.29. The molecule has 0 radical (unpaired) electrons. The predicted octanol–water partition coefficient (Wildman–Crippen LogP) is 1.67. The normalized spacial score (nSPS) is 19.6. The van der Waals surface area contributed by atoms with E-state index >= 15 is 0 Å². The lowest BCUT2D eigenvalue weighted by atomic mass is 10.1. The number of nitrogens with zero attached hydrogens (tertiary/aromatic N) is 5. The number of rotatable bonds is 2. The highest BCUT2D eigenvalue weighted by molar-refractivity contribution is 7.22. The number of aryl methyl sites for hydroxylation is 2. The van der Waals surface area contributed by atoms with Crippen molar-refractivity contribution in [3.05, 3.63) is 5.69 Å². The first-order valence-electron chi connectivity index (χ1n) is 8.80. The molecule has 4 heterocycles. The number of carbonyl (C=O) groups excluding carboxylic acids is 1. The van der Waals surface area contributed by atoms with Crippen molar-refractivity contribution in [1.29, 1.82) is 0 Å². The topological polar surface area (TPSA) is 75.5 Å². The van der Waals surface area contributed by atoms with E-state index in [1.807, 2.05) is 28.5 Å². The molecule has 2 saturated heterocycles. The number of likely N-dealkylation sites (tertiary alicyclic amines) is 1. The molecular formula is C16H24N6O2S. The molecule has 4 rings (SSSR count). The zero-order chi connectivity index (χ0) is 17.4. The summed E-state index contributed by atoms with van der Waals surface area (Å²) in [5, 5.41) is 8.88. The molecule has 2 aromatic heterocycles. The molecule has 0 aliphatic carbocycles. The Balaban J connectivity index is 1.33. The van der Waals surface area contributed by atoms with E-state index in [1.165, 1.54) is 0 Å². The Labute approximate surface area is 150 Å². The molecule has 2 fully saturated rings. The first-order valence-corrected chi connectivity index (χ1v) is 9.62. The van der Waals surface area contributed by atoms with E-state index in [4.69, 9.17) is 4.74 Å². The van der Waals surface area contributed by atoms with Crippen LogP contribution in [0.4, 0.5) is 9.93 Å². The van der Waals surface area contributed by atoms with Gasteiger partial charge in [0.05, 0.1) is 23.6 Å². The molecule has 8 nitrogen and oxygen atoms in total. The second-order valence-electron chi connectivity index (χ2n) is 6.67. The third-order valence-corrected chi connectivity index (χ3v) is 6.00. The van der Waals surface area contributed by atoms with Crippen LogP contribution in [0.2, 0.25) is 0 Å². The summed E-state index contributed by atoms with van der Waals surface area (Å²) in [6.07, 6.45) is 1.90. The number of hydrogen-bond acceptors (Lipinski definition) is 6. The average molecular weight is 364 g/mol. The number of urea groups is 1. The van der Waals surface area contributed by atoms with Crippen molar-refractivity contribution in [2.45, 2.75) is 25.8 Å². The number of piperidine rings is 1. The van der Waals surface area contributed by atoms with Crippen LogP contribution in [0.15, 0.2) is 0 Å². The number of fused-ring (bicyclic) bond motifs is 1. The molecule has 0 unspecified atom stereocenters. The van der Waals surface area contributed by atoms with Gasteiger partial charge in [-0.25, -0.2) is 14.5 Å². The quantitative estimate of drug-likeness (QED) is 0.877. The number of amides is 2. The minimum atomic E-state index is 0.156. The van der Waals surface area contributed by atoms with Gasteiger partial charge in [0.1, 0.15) is 0 Å². The van der Waals surface area contributed by atoms with Crippen molar-refractivity contribution in [2.75, 3.05) is 44.7 Å². The fraction of sp³-hybridized carbons (Fsp3) is 0.688. The van der Waals surface area contributed by atoms with Gasteiger partial charge in [-0.05, 0) is 19.8 Å². The van der Waals surface area contributed by atoms with Crippen molar-refractivity contribution in [1.82, 2.24) is 24.6 Å². The van der Waals surface area contributed by atoms with Gasteiger partial charge in [-0.3, -0.25) is 0 Å². The van der Waals surface area contributed by atoms with Gasteiger partial charge in [0.25, 0.3) is 0 Å². The highest BCUT2D eigenvalue weighted by atomic mass is 32.1. The molecule has 136 valence electrons. The molecule has 2 aromatic rings. The summed E-state index contributed by atoms with van der Waals surface area (Å²) >= 11 is 1.66. The zero-order valence-corrected chi connectivity index (χ0v) is 15.5. The van der Waals surface area contributed by atoms with Crippen molar-refractivity contribution < 1.29 is 9.53 Å². The maximum Gasteiger partial charge on any atom is 0.320 e. The van der Waals surface area contributed by atoms with E-state index in [-0.39, 0.29) is 6.03 Å². The molecule has 0 saturated carbocycles. The van der Waals surface area contributed by atoms with Crippen LogP contribution in [0.1, 0.15) is 18.5 Å². The summed E-state index contributed by atoms with van der Waals surface area (Å²) in [6, 6.07) is 0.519. The smallest absolute Gasteiger partial charge is 0.320 e. The zero-order valence-electron chi connectivity index (χ0n) is 14.7. The van der Waals surface area contributed by atoms with Gasteiger partial charge < -0.3 is 19.9 Å². The van der Waals surface area contributed by atoms with Crippen LogP contribution < -0.4 is 5.32 Å². The third-order valence-electron chi connectivity index (χ3n) is 4.92. The molecule has 0 aromatic carbocycles. The molecule has 25 heavy (non-hydrogen) atoms. The number of anilines is 1. The number of hydrogen-bond donors (Lipinski definition) is 1. The minimum absolute atomic E-state index is 0.156. The van der Waals surface area contributed by atoms with Gasteiger partial charge in [0, 0.05) is 39.3 Å². The monoisotopic (exact) mass is 364 g/mol. The summed E-state index contributed by atoms with van der Waals surface area (Å²) in [5.74, 6) is 0. The average Bonchev–Trinajstić information content (AvgIpc) is 3.16. The van der Waals surface area contributed by atoms with E-state index in [0.717, 1.165) is 47.1 Å². The largest absolute Gasteiger partial charge is 0.378 e. The molecule has 0 spiro atoms. The maximum absolute atomic E-state index is 12.5. The first-order chi connectivity index (χ1) is 12.1. The highest BCUT2D eigenvalue weighted by Gasteiger charge is 2.27. The molecule has 2 aliphatic rings. The molecule has 2 aliphatic heterocycles. The fourth-order valence-electron chi connectivity index (χ4n) is 3.49. The van der Waals surface area contributed by atoms with Crippen LogP contribution in [-0.2, 0) is 11.8 Å². The third kappa shape index (κ3) is 3.30. The van der Waals surface area contributed by atoms with Gasteiger partial charge in [-0.15, -0.1) is 0 Å². The van der Waals surface area contributed by atoms with Crippen molar-refractivity contribution in [2.24, 2.45) is 7.05 Å². The lowest BCUT2D eigenvalue weighted by Crippen LogP contribution is -2.51. The number of nitrogens with one attached hydrogen (secondary N) is 1. The van der Waals surface area contributed by atoms with E-state index < -0.39 is 0 Å². The lowest BCUT2D eigenvalue weighted by Gasteiger charge is -2.37. The van der Waals surface area contributed by atoms with Gasteiger partial charge >= 0.3 is 6.03 Å². The van der Waals surface area contributed by atoms with E-state index in [1.54, 1.807) is 11.3 Å². The van der Waals surface area contributed by atoms with Crippen LogP contribution >= 0.6 is 11.3 Å². The van der Waals surface area contributed by atoms with Gasteiger partial charge in [-0.2, -0.15) is 5.10 Å². The Morgan fingerprint density at radius 3 is 2.56 bits per heavy atom. The predicted molar refractivity (Wildman–Crippen MR) is 97.1 cm³/mol. The molecule has 9 heteroatoms. The van der Waals surface area contributed by atoms with Crippen molar-refractivity contribution >= 4 is 32.8 Å². The van der Waals surface area contributed by atoms with Crippen LogP contribution in [-0.4, -0.2) is 76.0 Å². The van der Waals surface area contributed by atoms with Gasteiger partial charge in [-0.1, -0.05) is 11.3 Å². The second-order valence-corrected chi connectivity index (χ2v) is 7.67. The molecular weight excluding hydrogens is 340 g/mol. The van der Waals surface area contributed by atoms with Crippen LogP contribution in [0.25, 0.3) is 10.3 Å². The number of ether oxygens (including phenoxy) is 1. The summed E-state index contributed by atoms with van der Waals surface area (Å²) in [7, 11) is 1.93. The number of carbonyl (C=O) groups is 1.